The van der Waals surface area contributed by atoms with Crippen molar-refractivity contribution in [2.45, 2.75) is 58.2 Å². The van der Waals surface area contributed by atoms with E-state index in [0.29, 0.717) is 45.4 Å². The Kier molecular flexibility index (Phi) is 13.9. The van der Waals surface area contributed by atoms with Gasteiger partial charge in [-0.25, -0.2) is 0 Å². The Hall–Kier alpha value is -5.01. The van der Waals surface area contributed by atoms with Crippen molar-refractivity contribution in [2.24, 2.45) is 35.5 Å². The molecule has 6 atom stereocenters. The second-order valence-corrected chi connectivity index (χ2v) is 16.7. The average molecular weight is 789 g/mol. The molecule has 3 fully saturated rings. The Morgan fingerprint density at radius 1 is 0.534 bits per heavy atom. The molecule has 5 heterocycles. The second-order valence-electron chi connectivity index (χ2n) is 16.7. The van der Waals surface area contributed by atoms with Gasteiger partial charge in [0.05, 0.1) is 17.8 Å². The van der Waals surface area contributed by atoms with E-state index in [4.69, 9.17) is 0 Å². The van der Waals surface area contributed by atoms with Gasteiger partial charge in [0.15, 0.2) is 0 Å². The Labute approximate surface area is 340 Å². The molecule has 58 heavy (non-hydrogen) atoms. The number of aromatic nitrogens is 2. The summed E-state index contributed by atoms with van der Waals surface area (Å²) < 4.78 is 0. The molecule has 2 aromatic carbocycles. The number of hydrogen-bond acceptors (Lipinski definition) is 9. The van der Waals surface area contributed by atoms with Crippen LogP contribution >= 0.6 is 0 Å². The lowest BCUT2D eigenvalue weighted by Gasteiger charge is -2.24. The quantitative estimate of drug-likeness (QED) is 0.0759. The molecule has 0 radical (unpaired) electrons. The number of carboxylic acid groups (broad SMARTS) is 3. The molecule has 0 amide bonds. The molecular formula is C46H56N6O6. The molecule has 3 aliphatic rings. The molecule has 0 unspecified atom stereocenters. The first kappa shape index (κ1) is 41.2. The highest BCUT2D eigenvalue weighted by Gasteiger charge is 2.33. The van der Waals surface area contributed by atoms with E-state index < -0.39 is 35.7 Å². The number of pyridine rings is 2. The molecule has 4 aromatic rings. The Bertz CT molecular complexity index is 1940. The third-order valence-electron chi connectivity index (χ3n) is 12.4. The number of nitrogens with one attached hydrogen (secondary N) is 3. The fourth-order valence-corrected chi connectivity index (χ4v) is 9.33. The average Bonchev–Trinajstić information content (AvgIpc) is 4.04. The topological polar surface area (TPSA) is 177 Å². The fourth-order valence-electron chi connectivity index (χ4n) is 9.33. The molecule has 0 saturated carbocycles. The predicted octanol–water partition coefficient (Wildman–Crippen LogP) is 4.90. The lowest BCUT2D eigenvalue weighted by molar-refractivity contribution is -0.144. The van der Waals surface area contributed by atoms with Crippen molar-refractivity contribution in [1.29, 1.82) is 0 Å². The van der Waals surface area contributed by atoms with Crippen molar-refractivity contribution in [2.75, 3.05) is 39.3 Å². The van der Waals surface area contributed by atoms with Crippen molar-refractivity contribution in [3.05, 3.63) is 119 Å². The van der Waals surface area contributed by atoms with E-state index in [9.17, 15) is 29.7 Å². The first-order valence-electron chi connectivity index (χ1n) is 20.7. The summed E-state index contributed by atoms with van der Waals surface area (Å²) in [6.45, 7) is 6.46. The number of carbonyl (C=O) groups is 3. The lowest BCUT2D eigenvalue weighted by atomic mass is 9.86. The highest BCUT2D eigenvalue weighted by atomic mass is 16.4. The largest absolute Gasteiger partial charge is 0.481 e. The zero-order valence-corrected chi connectivity index (χ0v) is 33.1. The summed E-state index contributed by atoms with van der Waals surface area (Å²) in [4.78, 5) is 48.4. The molecule has 2 aromatic heterocycles. The van der Waals surface area contributed by atoms with E-state index in [1.54, 1.807) is 12.4 Å². The summed E-state index contributed by atoms with van der Waals surface area (Å²) in [5.41, 5.74) is 7.82. The molecule has 0 bridgehead atoms. The van der Waals surface area contributed by atoms with Crippen LogP contribution in [0.2, 0.25) is 0 Å². The summed E-state index contributed by atoms with van der Waals surface area (Å²) in [6.07, 6.45) is 11.2. The van der Waals surface area contributed by atoms with E-state index in [2.05, 4.69) is 61.2 Å². The van der Waals surface area contributed by atoms with Crippen LogP contribution in [0.3, 0.4) is 0 Å². The first-order chi connectivity index (χ1) is 28.2. The lowest BCUT2D eigenvalue weighted by Crippen LogP contribution is -2.27. The van der Waals surface area contributed by atoms with Crippen molar-refractivity contribution in [3.8, 4) is 11.1 Å². The van der Waals surface area contributed by atoms with Crippen molar-refractivity contribution < 1.29 is 29.7 Å². The molecule has 6 N–H and O–H groups in total. The number of hydrogen-bond donors (Lipinski definition) is 6. The monoisotopic (exact) mass is 788 g/mol. The molecule has 3 aliphatic heterocycles. The molecule has 7 rings (SSSR count). The van der Waals surface area contributed by atoms with Gasteiger partial charge in [-0.05, 0) is 141 Å². The van der Waals surface area contributed by atoms with E-state index in [1.807, 2.05) is 42.7 Å². The third-order valence-corrected chi connectivity index (χ3v) is 12.4. The summed E-state index contributed by atoms with van der Waals surface area (Å²) in [7, 11) is 0. The molecule has 306 valence electrons. The van der Waals surface area contributed by atoms with Gasteiger partial charge in [-0.2, -0.15) is 0 Å². The van der Waals surface area contributed by atoms with E-state index in [0.717, 1.165) is 96.5 Å². The van der Waals surface area contributed by atoms with Crippen LogP contribution in [0.1, 0.15) is 52.6 Å². The van der Waals surface area contributed by atoms with Crippen LogP contribution in [0.5, 0.6) is 0 Å². The van der Waals surface area contributed by atoms with E-state index in [-0.39, 0.29) is 17.8 Å². The SMILES string of the molecule is O=C(O)[C@@H](Cc1cccc(CN(Cc2cccc(C[C@H](C(=O)O)[C@H]3CCNC3)c2)Cc2cncc(-c3cncc(C[C@H](C(=O)O)[C@H]4CCNC4)c3)c2)c1)[C@H]1CCNC1. The van der Waals surface area contributed by atoms with E-state index >= 15 is 0 Å². The third kappa shape index (κ3) is 10.9. The number of benzene rings is 2. The van der Waals surface area contributed by atoms with E-state index in [1.165, 1.54) is 0 Å². The van der Waals surface area contributed by atoms with Crippen LogP contribution in [0, 0.1) is 35.5 Å². The molecule has 3 saturated heterocycles. The Morgan fingerprint density at radius 2 is 0.914 bits per heavy atom. The zero-order chi connectivity index (χ0) is 40.4. The minimum atomic E-state index is -0.778. The number of rotatable bonds is 19. The molecule has 12 heteroatoms. The van der Waals surface area contributed by atoms with Crippen LogP contribution in [-0.4, -0.2) is 87.4 Å². The van der Waals surface area contributed by atoms with Crippen molar-refractivity contribution in [1.82, 2.24) is 30.8 Å². The summed E-state index contributed by atoms with van der Waals surface area (Å²) in [6, 6.07) is 20.6. The van der Waals surface area contributed by atoms with Gasteiger partial charge in [-0.1, -0.05) is 48.5 Å². The minimum absolute atomic E-state index is 0.0879. The van der Waals surface area contributed by atoms with Crippen LogP contribution in [0.4, 0.5) is 0 Å². The first-order valence-corrected chi connectivity index (χ1v) is 20.7. The van der Waals surface area contributed by atoms with Crippen LogP contribution in [0.15, 0.2) is 85.5 Å². The Balaban J connectivity index is 1.12. The van der Waals surface area contributed by atoms with Crippen molar-refractivity contribution >= 4 is 17.9 Å². The minimum Gasteiger partial charge on any atom is -0.481 e. The van der Waals surface area contributed by atoms with Gasteiger partial charge in [-0.3, -0.25) is 29.3 Å². The van der Waals surface area contributed by atoms with Gasteiger partial charge in [0.2, 0.25) is 0 Å². The normalized spacial score (nSPS) is 20.9. The number of aliphatic carboxylic acids is 3. The maximum absolute atomic E-state index is 12.3. The second kappa shape index (κ2) is 19.6. The number of carboxylic acids is 3. The highest BCUT2D eigenvalue weighted by molar-refractivity contribution is 5.72. The van der Waals surface area contributed by atoms with Crippen LogP contribution < -0.4 is 16.0 Å². The van der Waals surface area contributed by atoms with Crippen LogP contribution in [0.25, 0.3) is 11.1 Å². The standard InChI is InChI=1S/C46H56N6O6/c53-44(54)41(36-7-10-47-22-36)17-30-3-1-5-32(13-30)27-52(28-33-6-2-4-31(14-33)18-42(45(55)56)37-8-11-48-23-37)29-35-16-40(26-51-21-35)39-15-34(20-50-25-39)19-43(46(57)58)38-9-12-49-24-38/h1-6,13-16,20-21,25-26,36-38,41-43,47-49H,7-12,17-19,22-24,27-29H2,(H,53,54)(H,55,56)(H,57,58)/t36-,37-,38-,41-,42-,43-/m0/s1. The summed E-state index contributed by atoms with van der Waals surface area (Å²) >= 11 is 0. The molecular weight excluding hydrogens is 733 g/mol. The predicted molar refractivity (Wildman–Crippen MR) is 221 cm³/mol. The number of nitrogens with zero attached hydrogens (tertiary/aromatic N) is 3. The maximum Gasteiger partial charge on any atom is 0.307 e. The summed E-state index contributed by atoms with van der Waals surface area (Å²) in [5, 5.41) is 40.2. The van der Waals surface area contributed by atoms with Crippen LogP contribution in [-0.2, 0) is 53.3 Å². The van der Waals surface area contributed by atoms with Gasteiger partial charge in [0.1, 0.15) is 0 Å². The van der Waals surface area contributed by atoms with Gasteiger partial charge < -0.3 is 31.3 Å². The van der Waals surface area contributed by atoms with Gasteiger partial charge >= 0.3 is 17.9 Å². The zero-order valence-electron chi connectivity index (χ0n) is 33.1. The summed E-state index contributed by atoms with van der Waals surface area (Å²) in [5.74, 6) is -3.36. The van der Waals surface area contributed by atoms with Gasteiger partial charge in [0.25, 0.3) is 0 Å². The van der Waals surface area contributed by atoms with Gasteiger partial charge in [-0.15, -0.1) is 0 Å². The highest BCUT2D eigenvalue weighted by Crippen LogP contribution is 2.29. The maximum atomic E-state index is 12.3. The molecule has 12 nitrogen and oxygen atoms in total. The molecule has 0 aliphatic carbocycles. The van der Waals surface area contributed by atoms with Crippen molar-refractivity contribution in [3.63, 3.8) is 0 Å². The Morgan fingerprint density at radius 3 is 1.33 bits per heavy atom. The molecule has 0 spiro atoms. The smallest absolute Gasteiger partial charge is 0.307 e. The fraction of sp³-hybridized carbons (Fsp3) is 0.457. The van der Waals surface area contributed by atoms with Gasteiger partial charge in [0, 0.05) is 55.5 Å².